The highest BCUT2D eigenvalue weighted by Gasteiger charge is 2.01. The van der Waals surface area contributed by atoms with Gasteiger partial charge in [0, 0.05) is 19.5 Å². The largest absolute Gasteiger partial charge is 0.373 e. The summed E-state index contributed by atoms with van der Waals surface area (Å²) in [7, 11) is 1.88. The van der Waals surface area contributed by atoms with E-state index in [1.165, 1.54) is 0 Å². The van der Waals surface area contributed by atoms with Gasteiger partial charge in [-0.3, -0.25) is 0 Å². The monoisotopic (exact) mass is 197 g/mol. The normalized spacial score (nSPS) is 10.1. The number of aryl methyl sites for hydroxylation is 1. The molecule has 1 rings (SSSR count). The molecule has 0 aromatic carbocycles. The van der Waals surface area contributed by atoms with E-state index in [1.54, 1.807) is 11.8 Å². The van der Waals surface area contributed by atoms with Gasteiger partial charge in [0.15, 0.2) is 0 Å². The zero-order valence-electron chi connectivity index (χ0n) is 8.29. The lowest BCUT2D eigenvalue weighted by molar-refractivity contribution is 0.891. The minimum atomic E-state index is 0.882. The lowest BCUT2D eigenvalue weighted by Gasteiger charge is -2.04. The van der Waals surface area contributed by atoms with Gasteiger partial charge < -0.3 is 5.32 Å². The number of rotatable bonds is 4. The summed E-state index contributed by atoms with van der Waals surface area (Å²) in [6, 6.07) is 1.98. The van der Waals surface area contributed by atoms with Gasteiger partial charge in [-0.05, 0) is 5.75 Å². The van der Waals surface area contributed by atoms with Crippen molar-refractivity contribution in [1.82, 2.24) is 9.97 Å². The second-order valence-corrected chi connectivity index (χ2v) is 3.83. The molecule has 0 spiro atoms. The van der Waals surface area contributed by atoms with Crippen molar-refractivity contribution in [2.75, 3.05) is 18.1 Å². The highest BCUT2D eigenvalue weighted by molar-refractivity contribution is 7.99. The van der Waals surface area contributed by atoms with Gasteiger partial charge in [0.2, 0.25) is 0 Å². The average Bonchev–Trinajstić information content (AvgIpc) is 2.17. The third-order valence-electron chi connectivity index (χ3n) is 1.61. The Kier molecular flexibility index (Phi) is 4.02. The van der Waals surface area contributed by atoms with Crippen molar-refractivity contribution in [1.29, 1.82) is 0 Å². The molecule has 1 aromatic heterocycles. The number of nitrogens with zero attached hydrogens (tertiary/aromatic N) is 2. The van der Waals surface area contributed by atoms with Crippen LogP contribution in [0.25, 0.3) is 0 Å². The topological polar surface area (TPSA) is 37.8 Å². The Labute approximate surface area is 83.4 Å². The van der Waals surface area contributed by atoms with Crippen molar-refractivity contribution in [3.8, 4) is 0 Å². The van der Waals surface area contributed by atoms with E-state index in [9.17, 15) is 0 Å². The summed E-state index contributed by atoms with van der Waals surface area (Å²) < 4.78 is 0. The Balaban J connectivity index is 2.93. The fourth-order valence-corrected chi connectivity index (χ4v) is 1.64. The van der Waals surface area contributed by atoms with Crippen molar-refractivity contribution in [3.05, 3.63) is 11.9 Å². The van der Waals surface area contributed by atoms with Gasteiger partial charge in [0.1, 0.15) is 16.7 Å². The summed E-state index contributed by atoms with van der Waals surface area (Å²) >= 11 is 1.74. The number of nitrogens with one attached hydrogen (secondary N) is 1. The van der Waals surface area contributed by atoms with Gasteiger partial charge >= 0.3 is 0 Å². The van der Waals surface area contributed by atoms with Crippen molar-refractivity contribution >= 4 is 17.6 Å². The van der Waals surface area contributed by atoms with Crippen LogP contribution in [0.5, 0.6) is 0 Å². The molecule has 1 N–H and O–H groups in total. The molecule has 72 valence electrons. The molecule has 0 atom stereocenters. The molecule has 13 heavy (non-hydrogen) atoms. The van der Waals surface area contributed by atoms with Crippen LogP contribution in [0.4, 0.5) is 5.82 Å². The molecule has 1 heterocycles. The SMILES string of the molecule is CCSc1cc(NC)nc(CC)n1. The van der Waals surface area contributed by atoms with E-state index in [-0.39, 0.29) is 0 Å². The van der Waals surface area contributed by atoms with Gasteiger partial charge in [-0.2, -0.15) is 0 Å². The number of hydrogen-bond acceptors (Lipinski definition) is 4. The molecule has 0 fully saturated rings. The number of anilines is 1. The highest BCUT2D eigenvalue weighted by Crippen LogP contribution is 2.17. The summed E-state index contributed by atoms with van der Waals surface area (Å²) in [6.07, 6.45) is 0.882. The van der Waals surface area contributed by atoms with E-state index >= 15 is 0 Å². The van der Waals surface area contributed by atoms with E-state index in [0.717, 1.165) is 28.8 Å². The Bertz CT molecular complexity index is 253. The van der Waals surface area contributed by atoms with Crippen LogP contribution in [0.1, 0.15) is 19.7 Å². The van der Waals surface area contributed by atoms with Crippen LogP contribution in [0, 0.1) is 0 Å². The van der Waals surface area contributed by atoms with E-state index in [2.05, 4.69) is 29.1 Å². The molecule has 3 nitrogen and oxygen atoms in total. The van der Waals surface area contributed by atoms with Crippen molar-refractivity contribution in [2.45, 2.75) is 25.3 Å². The standard InChI is InChI=1S/C9H15N3S/c1-4-7-11-8(10-3)6-9(12-7)13-5-2/h6H,4-5H2,1-3H3,(H,10,11,12). The van der Waals surface area contributed by atoms with Crippen LogP contribution in [0.15, 0.2) is 11.1 Å². The zero-order chi connectivity index (χ0) is 9.68. The minimum absolute atomic E-state index is 0.882. The summed E-state index contributed by atoms with van der Waals surface area (Å²) in [5.74, 6) is 2.86. The van der Waals surface area contributed by atoms with Crippen molar-refractivity contribution in [3.63, 3.8) is 0 Å². The fourth-order valence-electron chi connectivity index (χ4n) is 0.981. The zero-order valence-corrected chi connectivity index (χ0v) is 9.11. The third-order valence-corrected chi connectivity index (χ3v) is 2.41. The first-order valence-electron chi connectivity index (χ1n) is 4.48. The first kappa shape index (κ1) is 10.3. The third kappa shape index (κ3) is 2.88. The van der Waals surface area contributed by atoms with Crippen molar-refractivity contribution in [2.24, 2.45) is 0 Å². The molecule has 0 aliphatic carbocycles. The molecule has 0 unspecified atom stereocenters. The molecule has 0 amide bonds. The molecule has 0 radical (unpaired) electrons. The summed E-state index contributed by atoms with van der Waals surface area (Å²) in [5.41, 5.74) is 0. The van der Waals surface area contributed by atoms with Gasteiger partial charge in [0.05, 0.1) is 0 Å². The van der Waals surface area contributed by atoms with E-state index in [4.69, 9.17) is 0 Å². The average molecular weight is 197 g/mol. The molecule has 4 heteroatoms. The lowest BCUT2D eigenvalue weighted by Crippen LogP contribution is -2.00. The summed E-state index contributed by atoms with van der Waals surface area (Å²) in [6.45, 7) is 4.19. The van der Waals surface area contributed by atoms with E-state index in [0.29, 0.717) is 0 Å². The molecule has 0 bridgehead atoms. The molecule has 0 aliphatic heterocycles. The van der Waals surface area contributed by atoms with Crippen LogP contribution >= 0.6 is 11.8 Å². The van der Waals surface area contributed by atoms with Gasteiger partial charge in [0.25, 0.3) is 0 Å². The van der Waals surface area contributed by atoms with Crippen LogP contribution in [0.3, 0.4) is 0 Å². The van der Waals surface area contributed by atoms with E-state index < -0.39 is 0 Å². The molecule has 0 saturated carbocycles. The molecule has 1 aromatic rings. The second-order valence-electron chi connectivity index (χ2n) is 2.54. The second kappa shape index (κ2) is 5.07. The minimum Gasteiger partial charge on any atom is -0.373 e. The quantitative estimate of drug-likeness (QED) is 0.593. The smallest absolute Gasteiger partial charge is 0.131 e. The van der Waals surface area contributed by atoms with E-state index in [1.807, 2.05) is 13.1 Å². The Morgan fingerprint density at radius 3 is 2.69 bits per heavy atom. The predicted octanol–water partition coefficient (Wildman–Crippen LogP) is 2.19. The maximum absolute atomic E-state index is 4.40. The summed E-state index contributed by atoms with van der Waals surface area (Å²) in [4.78, 5) is 8.72. The number of aromatic nitrogens is 2. The van der Waals surface area contributed by atoms with Gasteiger partial charge in [-0.1, -0.05) is 13.8 Å². The molecule has 0 aliphatic rings. The lowest BCUT2D eigenvalue weighted by atomic mass is 10.4. The Morgan fingerprint density at radius 1 is 1.38 bits per heavy atom. The van der Waals surface area contributed by atoms with Crippen LogP contribution in [-0.2, 0) is 6.42 Å². The first-order chi connectivity index (χ1) is 6.30. The number of hydrogen-bond donors (Lipinski definition) is 1. The van der Waals surface area contributed by atoms with Crippen LogP contribution in [-0.4, -0.2) is 22.8 Å². The van der Waals surface area contributed by atoms with Crippen LogP contribution < -0.4 is 5.32 Å². The summed E-state index contributed by atoms with van der Waals surface area (Å²) in [5, 5.41) is 4.09. The maximum Gasteiger partial charge on any atom is 0.131 e. The molecule has 0 saturated heterocycles. The fraction of sp³-hybridized carbons (Fsp3) is 0.556. The number of thioether (sulfide) groups is 1. The highest BCUT2D eigenvalue weighted by atomic mass is 32.2. The first-order valence-corrected chi connectivity index (χ1v) is 5.47. The van der Waals surface area contributed by atoms with Gasteiger partial charge in [-0.15, -0.1) is 11.8 Å². The molecular weight excluding hydrogens is 182 g/mol. The van der Waals surface area contributed by atoms with Gasteiger partial charge in [-0.25, -0.2) is 9.97 Å². The maximum atomic E-state index is 4.40. The molecular formula is C9H15N3S. The Hall–Kier alpha value is -0.770. The van der Waals surface area contributed by atoms with Crippen molar-refractivity contribution < 1.29 is 0 Å². The predicted molar refractivity (Wildman–Crippen MR) is 57.4 cm³/mol. The van der Waals surface area contributed by atoms with Crippen LogP contribution in [0.2, 0.25) is 0 Å². The Morgan fingerprint density at radius 2 is 2.15 bits per heavy atom.